The first-order valence-electron chi connectivity index (χ1n) is 5.12. The van der Waals surface area contributed by atoms with Crippen molar-refractivity contribution in [2.45, 2.75) is 6.54 Å². The molecular weight excluding hydrogens is 239 g/mol. The van der Waals surface area contributed by atoms with E-state index in [4.69, 9.17) is 5.11 Å². The quantitative estimate of drug-likeness (QED) is 0.834. The van der Waals surface area contributed by atoms with Crippen LogP contribution in [0.2, 0.25) is 0 Å². The molecule has 0 unspecified atom stereocenters. The summed E-state index contributed by atoms with van der Waals surface area (Å²) in [4.78, 5) is 22.4. The van der Waals surface area contributed by atoms with Crippen molar-refractivity contribution in [1.29, 1.82) is 0 Å². The Morgan fingerprint density at radius 3 is 2.61 bits per heavy atom. The number of hydrogen-bond acceptors (Lipinski definition) is 3. The number of hydrogen-bond donors (Lipinski definition) is 1. The summed E-state index contributed by atoms with van der Waals surface area (Å²) in [5, 5.41) is 12.4. The second-order valence-electron chi connectivity index (χ2n) is 3.61. The summed E-state index contributed by atoms with van der Waals surface area (Å²) in [6, 6.07) is 6.89. The van der Waals surface area contributed by atoms with E-state index in [2.05, 4.69) is 5.10 Å². The average Bonchev–Trinajstić information content (AvgIpc) is 2.78. The van der Waals surface area contributed by atoms with Crippen LogP contribution in [0.15, 0.2) is 36.5 Å². The van der Waals surface area contributed by atoms with E-state index in [0.29, 0.717) is 0 Å². The van der Waals surface area contributed by atoms with Crippen molar-refractivity contribution in [2.75, 3.05) is 0 Å². The molecule has 1 aromatic carbocycles. The highest BCUT2D eigenvalue weighted by Gasteiger charge is 2.13. The normalized spacial score (nSPS) is 10.3. The number of carbonyl (C=O) groups is 2. The molecule has 0 aliphatic carbocycles. The summed E-state index contributed by atoms with van der Waals surface area (Å²) in [7, 11) is 0. The van der Waals surface area contributed by atoms with E-state index in [1.165, 1.54) is 30.5 Å². The highest BCUT2D eigenvalue weighted by Crippen LogP contribution is 2.08. The third-order valence-corrected chi connectivity index (χ3v) is 2.34. The lowest BCUT2D eigenvalue weighted by molar-refractivity contribution is 0.0688. The molecule has 0 aliphatic rings. The lowest BCUT2D eigenvalue weighted by atomic mass is 10.1. The Morgan fingerprint density at radius 1 is 1.28 bits per heavy atom. The SMILES string of the molecule is O=C(O)c1ccn(CC(=O)c2ccccc2F)n1. The highest BCUT2D eigenvalue weighted by atomic mass is 19.1. The minimum Gasteiger partial charge on any atom is -0.476 e. The number of ketones is 1. The molecule has 0 saturated heterocycles. The van der Waals surface area contributed by atoms with Crippen LogP contribution < -0.4 is 0 Å². The van der Waals surface area contributed by atoms with Crippen LogP contribution in [0, 0.1) is 5.82 Å². The van der Waals surface area contributed by atoms with Gasteiger partial charge < -0.3 is 5.11 Å². The molecule has 0 saturated carbocycles. The summed E-state index contributed by atoms with van der Waals surface area (Å²) in [5.41, 5.74) is -0.193. The third kappa shape index (κ3) is 2.42. The number of carboxylic acid groups (broad SMARTS) is 1. The number of nitrogens with zero attached hydrogens (tertiary/aromatic N) is 2. The standard InChI is InChI=1S/C12H9FN2O3/c13-9-4-2-1-3-8(9)11(16)7-15-6-5-10(14-15)12(17)18/h1-6H,7H2,(H,17,18). The molecule has 18 heavy (non-hydrogen) atoms. The van der Waals surface area contributed by atoms with Crippen molar-refractivity contribution in [2.24, 2.45) is 0 Å². The summed E-state index contributed by atoms with van der Waals surface area (Å²) in [5.74, 6) is -2.24. The van der Waals surface area contributed by atoms with Crippen molar-refractivity contribution >= 4 is 11.8 Å². The lowest BCUT2D eigenvalue weighted by Crippen LogP contribution is -2.13. The van der Waals surface area contributed by atoms with Gasteiger partial charge in [0, 0.05) is 6.20 Å². The lowest BCUT2D eigenvalue weighted by Gasteiger charge is -2.02. The molecule has 1 N–H and O–H groups in total. The fourth-order valence-electron chi connectivity index (χ4n) is 1.48. The first-order valence-corrected chi connectivity index (χ1v) is 5.12. The molecule has 2 rings (SSSR count). The Hall–Kier alpha value is -2.50. The Bertz CT molecular complexity index is 607. The van der Waals surface area contributed by atoms with Crippen molar-refractivity contribution in [3.8, 4) is 0 Å². The first-order chi connectivity index (χ1) is 8.58. The molecule has 6 heteroatoms. The number of carbonyl (C=O) groups excluding carboxylic acids is 1. The number of carboxylic acids is 1. The van der Waals surface area contributed by atoms with Gasteiger partial charge in [0.05, 0.1) is 5.56 Å². The maximum atomic E-state index is 13.3. The predicted octanol–water partition coefficient (Wildman–Crippen LogP) is 1.60. The Morgan fingerprint density at radius 2 is 2.00 bits per heavy atom. The zero-order chi connectivity index (χ0) is 13.1. The zero-order valence-electron chi connectivity index (χ0n) is 9.21. The van der Waals surface area contributed by atoms with Gasteiger partial charge in [-0.15, -0.1) is 0 Å². The van der Waals surface area contributed by atoms with E-state index < -0.39 is 17.6 Å². The van der Waals surface area contributed by atoms with Crippen LogP contribution in [-0.4, -0.2) is 26.6 Å². The summed E-state index contributed by atoms with van der Waals surface area (Å²) in [6.45, 7) is -0.200. The second kappa shape index (κ2) is 4.79. The first kappa shape index (κ1) is 12.0. The van der Waals surface area contributed by atoms with Crippen LogP contribution in [0.4, 0.5) is 4.39 Å². The van der Waals surface area contributed by atoms with E-state index in [1.54, 1.807) is 6.07 Å². The largest absolute Gasteiger partial charge is 0.476 e. The van der Waals surface area contributed by atoms with Gasteiger partial charge in [0.2, 0.25) is 0 Å². The molecule has 92 valence electrons. The summed E-state index contributed by atoms with van der Waals surface area (Å²) >= 11 is 0. The number of halogens is 1. The molecular formula is C12H9FN2O3. The highest BCUT2D eigenvalue weighted by molar-refractivity contribution is 5.96. The van der Waals surface area contributed by atoms with E-state index >= 15 is 0 Å². The third-order valence-electron chi connectivity index (χ3n) is 2.34. The van der Waals surface area contributed by atoms with Crippen LogP contribution >= 0.6 is 0 Å². The number of aromatic nitrogens is 2. The van der Waals surface area contributed by atoms with Crippen LogP contribution in [0.1, 0.15) is 20.8 Å². The van der Waals surface area contributed by atoms with Crippen LogP contribution in [-0.2, 0) is 6.54 Å². The topological polar surface area (TPSA) is 72.2 Å². The zero-order valence-corrected chi connectivity index (χ0v) is 9.21. The molecule has 0 atom stereocenters. The van der Waals surface area contributed by atoms with Gasteiger partial charge in [-0.25, -0.2) is 9.18 Å². The van der Waals surface area contributed by atoms with Crippen molar-refractivity contribution in [1.82, 2.24) is 9.78 Å². The summed E-state index contributed by atoms with van der Waals surface area (Å²) < 4.78 is 14.5. The average molecular weight is 248 g/mol. The van der Waals surface area contributed by atoms with E-state index in [1.807, 2.05) is 0 Å². The van der Waals surface area contributed by atoms with Gasteiger partial charge in [0.15, 0.2) is 11.5 Å². The van der Waals surface area contributed by atoms with Crippen LogP contribution in [0.25, 0.3) is 0 Å². The molecule has 0 aliphatic heterocycles. The van der Waals surface area contributed by atoms with Crippen LogP contribution in [0.3, 0.4) is 0 Å². The minimum absolute atomic E-state index is 0.0372. The fourth-order valence-corrected chi connectivity index (χ4v) is 1.48. The maximum absolute atomic E-state index is 13.3. The number of rotatable bonds is 4. The monoisotopic (exact) mass is 248 g/mol. The second-order valence-corrected chi connectivity index (χ2v) is 3.61. The minimum atomic E-state index is -1.17. The van der Waals surface area contributed by atoms with Crippen molar-refractivity contribution in [3.05, 3.63) is 53.6 Å². The van der Waals surface area contributed by atoms with Gasteiger partial charge in [-0.2, -0.15) is 5.10 Å². The van der Waals surface area contributed by atoms with Crippen LogP contribution in [0.5, 0.6) is 0 Å². The predicted molar refractivity (Wildman–Crippen MR) is 59.9 cm³/mol. The molecule has 1 heterocycles. The molecule has 0 spiro atoms. The van der Waals surface area contributed by atoms with Gasteiger partial charge in [-0.3, -0.25) is 9.48 Å². The number of Topliss-reactive ketones (excluding diaryl/α,β-unsaturated/α-hetero) is 1. The summed E-state index contributed by atoms with van der Waals surface area (Å²) in [6.07, 6.45) is 1.36. The van der Waals surface area contributed by atoms with Crippen molar-refractivity contribution in [3.63, 3.8) is 0 Å². The van der Waals surface area contributed by atoms with E-state index in [0.717, 1.165) is 4.68 Å². The Balaban J connectivity index is 2.16. The fraction of sp³-hybridized carbons (Fsp3) is 0.0833. The smallest absolute Gasteiger partial charge is 0.356 e. The number of aromatic carboxylic acids is 1. The Labute approximate surface area is 101 Å². The van der Waals surface area contributed by atoms with Gasteiger partial charge >= 0.3 is 5.97 Å². The molecule has 5 nitrogen and oxygen atoms in total. The molecule has 0 radical (unpaired) electrons. The molecule has 0 bridgehead atoms. The van der Waals surface area contributed by atoms with E-state index in [-0.39, 0.29) is 17.8 Å². The Kier molecular flexibility index (Phi) is 3.18. The molecule has 1 aromatic heterocycles. The van der Waals surface area contributed by atoms with E-state index in [9.17, 15) is 14.0 Å². The molecule has 2 aromatic rings. The van der Waals surface area contributed by atoms with Crippen molar-refractivity contribution < 1.29 is 19.1 Å². The molecule has 0 amide bonds. The maximum Gasteiger partial charge on any atom is 0.356 e. The van der Waals surface area contributed by atoms with Gasteiger partial charge in [0.25, 0.3) is 0 Å². The van der Waals surface area contributed by atoms with Gasteiger partial charge in [0.1, 0.15) is 12.4 Å². The van der Waals surface area contributed by atoms with Gasteiger partial charge in [-0.1, -0.05) is 12.1 Å². The molecule has 0 fully saturated rings. The number of benzene rings is 1. The van der Waals surface area contributed by atoms with Gasteiger partial charge in [-0.05, 0) is 18.2 Å².